The third-order valence-corrected chi connectivity index (χ3v) is 2.80. The summed E-state index contributed by atoms with van der Waals surface area (Å²) in [5.74, 6) is -0.746. The van der Waals surface area contributed by atoms with E-state index in [4.69, 9.17) is 5.11 Å². The normalized spacial score (nSPS) is 12.0. The summed E-state index contributed by atoms with van der Waals surface area (Å²) in [4.78, 5) is 26.3. The number of nitrogens with one attached hydrogen (secondary N) is 2. The third kappa shape index (κ3) is 4.57. The summed E-state index contributed by atoms with van der Waals surface area (Å²) in [5.41, 5.74) is 0.393. The van der Waals surface area contributed by atoms with Crippen molar-refractivity contribution in [3.05, 3.63) is 24.0 Å². The molecule has 0 fully saturated rings. The topological polar surface area (TPSA) is 91.3 Å². The minimum atomic E-state index is -1.08. The number of hydrogen-bond acceptors (Lipinski definition) is 3. The van der Waals surface area contributed by atoms with Crippen LogP contribution in [0.2, 0.25) is 0 Å². The Kier molecular flexibility index (Phi) is 5.29. The van der Waals surface area contributed by atoms with Gasteiger partial charge in [0.1, 0.15) is 0 Å². The fourth-order valence-corrected chi connectivity index (χ4v) is 1.70. The van der Waals surface area contributed by atoms with E-state index >= 15 is 0 Å². The highest BCUT2D eigenvalue weighted by Crippen LogP contribution is 2.09. The molecule has 1 rings (SSSR count). The molecule has 6 heteroatoms. The Balaban J connectivity index is 2.66. The van der Waals surface area contributed by atoms with Gasteiger partial charge in [-0.25, -0.2) is 9.59 Å². The van der Waals surface area contributed by atoms with Crippen molar-refractivity contribution in [3.8, 4) is 0 Å². The van der Waals surface area contributed by atoms with Crippen molar-refractivity contribution in [1.82, 2.24) is 10.3 Å². The molecule has 0 aliphatic rings. The number of carbonyl (C=O) groups excluding carboxylic acids is 1. The Morgan fingerprint density at radius 1 is 1.37 bits per heavy atom. The smallest absolute Gasteiger partial charge is 0.337 e. The molecular formula is C13H19N3O3. The lowest BCUT2D eigenvalue weighted by Gasteiger charge is -2.20. The monoisotopic (exact) mass is 265 g/mol. The first-order valence-corrected chi connectivity index (χ1v) is 6.20. The first-order valence-electron chi connectivity index (χ1n) is 6.20. The quantitative estimate of drug-likeness (QED) is 0.762. The molecule has 0 saturated heterocycles. The zero-order valence-corrected chi connectivity index (χ0v) is 11.3. The molecule has 1 aromatic rings. The summed E-state index contributed by atoms with van der Waals surface area (Å²) in [5, 5.41) is 14.3. The average Bonchev–Trinajstić information content (AvgIpc) is 2.35. The van der Waals surface area contributed by atoms with Crippen LogP contribution >= 0.6 is 0 Å². The Bertz CT molecular complexity index is 460. The van der Waals surface area contributed by atoms with Gasteiger partial charge in [-0.15, -0.1) is 0 Å². The van der Waals surface area contributed by atoms with Crippen molar-refractivity contribution < 1.29 is 14.7 Å². The maximum atomic E-state index is 11.8. The van der Waals surface area contributed by atoms with Crippen LogP contribution in [0.1, 0.15) is 37.6 Å². The second-order valence-corrected chi connectivity index (χ2v) is 4.62. The number of anilines is 1. The lowest BCUT2D eigenvalue weighted by Crippen LogP contribution is -2.40. The predicted molar refractivity (Wildman–Crippen MR) is 72.3 cm³/mol. The summed E-state index contributed by atoms with van der Waals surface area (Å²) >= 11 is 0. The van der Waals surface area contributed by atoms with E-state index in [0.717, 1.165) is 6.42 Å². The van der Waals surface area contributed by atoms with Gasteiger partial charge >= 0.3 is 12.0 Å². The van der Waals surface area contributed by atoms with E-state index in [1.165, 1.54) is 18.5 Å². The zero-order valence-electron chi connectivity index (χ0n) is 11.3. The molecule has 0 radical (unpaired) electrons. The number of carboxylic acids is 1. The molecule has 0 saturated carbocycles. The van der Waals surface area contributed by atoms with Crippen molar-refractivity contribution in [3.63, 3.8) is 0 Å². The summed E-state index contributed by atoms with van der Waals surface area (Å²) in [7, 11) is 0. The lowest BCUT2D eigenvalue weighted by molar-refractivity contribution is 0.0696. The average molecular weight is 265 g/mol. The van der Waals surface area contributed by atoms with Gasteiger partial charge in [0.25, 0.3) is 0 Å². The van der Waals surface area contributed by atoms with Crippen molar-refractivity contribution in [1.29, 1.82) is 0 Å². The maximum Gasteiger partial charge on any atom is 0.337 e. The summed E-state index contributed by atoms with van der Waals surface area (Å²) < 4.78 is 0. The molecule has 1 aromatic heterocycles. The van der Waals surface area contributed by atoms with E-state index in [2.05, 4.69) is 15.6 Å². The lowest BCUT2D eigenvalue weighted by atomic mass is 10.0. The molecule has 1 atom stereocenters. The predicted octanol–water partition coefficient (Wildman–Crippen LogP) is 2.34. The highest BCUT2D eigenvalue weighted by atomic mass is 16.4. The van der Waals surface area contributed by atoms with Crippen molar-refractivity contribution in [2.45, 2.75) is 33.2 Å². The fourth-order valence-electron chi connectivity index (χ4n) is 1.70. The van der Waals surface area contributed by atoms with E-state index < -0.39 is 5.97 Å². The Labute approximate surface area is 112 Å². The van der Waals surface area contributed by atoms with Crippen LogP contribution < -0.4 is 10.6 Å². The highest BCUT2D eigenvalue weighted by molar-refractivity contribution is 5.92. The van der Waals surface area contributed by atoms with Crippen LogP contribution in [0.3, 0.4) is 0 Å². The van der Waals surface area contributed by atoms with E-state index in [9.17, 15) is 9.59 Å². The van der Waals surface area contributed by atoms with Crippen LogP contribution in [-0.2, 0) is 0 Å². The largest absolute Gasteiger partial charge is 0.478 e. The molecular weight excluding hydrogens is 246 g/mol. The van der Waals surface area contributed by atoms with Crippen LogP contribution in [0.5, 0.6) is 0 Å². The number of amides is 2. The molecule has 19 heavy (non-hydrogen) atoms. The molecule has 6 nitrogen and oxygen atoms in total. The van der Waals surface area contributed by atoms with E-state index in [0.29, 0.717) is 11.6 Å². The number of urea groups is 1. The van der Waals surface area contributed by atoms with Gasteiger partial charge in [-0.1, -0.05) is 20.8 Å². The maximum absolute atomic E-state index is 11.8. The first kappa shape index (κ1) is 14.9. The molecule has 3 N–H and O–H groups in total. The number of aromatic carboxylic acids is 1. The van der Waals surface area contributed by atoms with Crippen molar-refractivity contribution >= 4 is 17.7 Å². The second kappa shape index (κ2) is 6.72. The molecule has 0 aliphatic heterocycles. The molecule has 104 valence electrons. The number of carboxylic acid groups (broad SMARTS) is 1. The SMILES string of the molecule is CCC(NC(=O)Nc1cncc(C(=O)O)c1)C(C)C. The zero-order chi connectivity index (χ0) is 14.4. The molecule has 0 aliphatic carbocycles. The number of aromatic nitrogens is 1. The van der Waals surface area contributed by atoms with Gasteiger partial charge in [-0.2, -0.15) is 0 Å². The standard InChI is InChI=1S/C13H19N3O3/c1-4-11(8(2)3)16-13(19)15-10-5-9(12(17)18)6-14-7-10/h5-8,11H,4H2,1-3H3,(H,17,18)(H2,15,16,19). The van der Waals surface area contributed by atoms with Gasteiger partial charge in [0.2, 0.25) is 0 Å². The minimum absolute atomic E-state index is 0.0358. The molecule has 1 heterocycles. The van der Waals surface area contributed by atoms with Gasteiger partial charge in [-0.05, 0) is 18.4 Å². The van der Waals surface area contributed by atoms with E-state index in [1.54, 1.807) is 0 Å². The van der Waals surface area contributed by atoms with Gasteiger partial charge in [0.15, 0.2) is 0 Å². The number of carbonyl (C=O) groups is 2. The Morgan fingerprint density at radius 2 is 2.05 bits per heavy atom. The van der Waals surface area contributed by atoms with Gasteiger partial charge < -0.3 is 15.7 Å². The summed E-state index contributed by atoms with van der Waals surface area (Å²) in [6.07, 6.45) is 3.47. The first-order chi connectivity index (χ1) is 8.93. The number of pyridine rings is 1. The number of nitrogens with zero attached hydrogens (tertiary/aromatic N) is 1. The Hall–Kier alpha value is -2.11. The molecule has 0 spiro atoms. The van der Waals surface area contributed by atoms with Crippen molar-refractivity contribution in [2.75, 3.05) is 5.32 Å². The second-order valence-electron chi connectivity index (χ2n) is 4.62. The Morgan fingerprint density at radius 3 is 2.58 bits per heavy atom. The molecule has 2 amide bonds. The molecule has 0 bridgehead atoms. The molecule has 0 aromatic carbocycles. The fraction of sp³-hybridized carbons (Fsp3) is 0.462. The van der Waals surface area contributed by atoms with Crippen LogP contribution in [-0.4, -0.2) is 28.1 Å². The number of hydrogen-bond donors (Lipinski definition) is 3. The van der Waals surface area contributed by atoms with Gasteiger partial charge in [-0.3, -0.25) is 4.98 Å². The van der Waals surface area contributed by atoms with E-state index in [1.807, 2.05) is 20.8 Å². The number of rotatable bonds is 5. The van der Waals surface area contributed by atoms with Crippen LogP contribution in [0.15, 0.2) is 18.5 Å². The third-order valence-electron chi connectivity index (χ3n) is 2.80. The van der Waals surface area contributed by atoms with Crippen LogP contribution in [0.25, 0.3) is 0 Å². The molecule has 1 unspecified atom stereocenters. The van der Waals surface area contributed by atoms with Crippen LogP contribution in [0, 0.1) is 5.92 Å². The highest BCUT2D eigenvalue weighted by Gasteiger charge is 2.14. The minimum Gasteiger partial charge on any atom is -0.478 e. The van der Waals surface area contributed by atoms with E-state index in [-0.39, 0.29) is 17.6 Å². The van der Waals surface area contributed by atoms with Crippen molar-refractivity contribution in [2.24, 2.45) is 5.92 Å². The van der Waals surface area contributed by atoms with Gasteiger partial charge in [0.05, 0.1) is 17.4 Å². The van der Waals surface area contributed by atoms with Crippen LogP contribution in [0.4, 0.5) is 10.5 Å². The van der Waals surface area contributed by atoms with Gasteiger partial charge in [0, 0.05) is 12.2 Å². The summed E-state index contributed by atoms with van der Waals surface area (Å²) in [6.45, 7) is 6.06. The summed E-state index contributed by atoms with van der Waals surface area (Å²) in [6, 6.07) is 1.09.